The molecule has 0 atom stereocenters. The minimum absolute atomic E-state index is 0.106. The van der Waals surface area contributed by atoms with E-state index in [0.717, 1.165) is 10.9 Å². The predicted octanol–water partition coefficient (Wildman–Crippen LogP) is 3.36. The molecule has 0 aliphatic rings. The van der Waals surface area contributed by atoms with E-state index in [9.17, 15) is 9.90 Å². The Morgan fingerprint density at radius 2 is 1.91 bits per heavy atom. The Balaban J connectivity index is 1.79. The molecule has 1 heterocycles. The number of nitrogens with one attached hydrogen (secondary N) is 1. The summed E-state index contributed by atoms with van der Waals surface area (Å²) in [6.07, 6.45) is 1.42. The first-order valence-corrected chi connectivity index (χ1v) is 7.19. The number of amides is 1. The Labute approximate surface area is 137 Å². The Morgan fingerprint density at radius 1 is 1.17 bits per heavy atom. The van der Waals surface area contributed by atoms with Crippen LogP contribution in [0.25, 0.3) is 10.9 Å². The van der Waals surface area contributed by atoms with E-state index >= 15 is 0 Å². The molecule has 2 N–H and O–H groups in total. The van der Waals surface area contributed by atoms with E-state index in [4.69, 9.17) is 11.6 Å². The molecule has 3 aromatic rings. The molecule has 5 nitrogen and oxygen atoms in total. The Hall–Kier alpha value is -2.92. The topological polar surface area (TPSA) is 74.6 Å². The molecule has 0 unspecified atom stereocenters. The van der Waals surface area contributed by atoms with Crippen molar-refractivity contribution in [2.24, 2.45) is 5.10 Å². The average molecular weight is 326 g/mol. The summed E-state index contributed by atoms with van der Waals surface area (Å²) in [5, 5.41) is 14.7. The van der Waals surface area contributed by atoms with Crippen LogP contribution in [-0.4, -0.2) is 22.2 Å². The molecule has 0 saturated heterocycles. The highest BCUT2D eigenvalue weighted by atomic mass is 35.5. The van der Waals surface area contributed by atoms with Gasteiger partial charge in [-0.2, -0.15) is 5.10 Å². The number of aromatic hydroxyl groups is 1. The van der Waals surface area contributed by atoms with Crippen molar-refractivity contribution in [3.8, 4) is 5.75 Å². The molecule has 0 aliphatic heterocycles. The quantitative estimate of drug-likeness (QED) is 0.440. The maximum absolute atomic E-state index is 11.9. The van der Waals surface area contributed by atoms with Crippen LogP contribution in [0, 0.1) is 0 Å². The molecule has 114 valence electrons. The van der Waals surface area contributed by atoms with Crippen LogP contribution in [0.5, 0.6) is 5.75 Å². The number of hydrazone groups is 1. The second-order valence-electron chi connectivity index (χ2n) is 4.78. The number of carbonyl (C=O) groups excluding carboxylic acids is 1. The van der Waals surface area contributed by atoms with E-state index in [2.05, 4.69) is 15.5 Å². The van der Waals surface area contributed by atoms with E-state index in [1.54, 1.807) is 12.1 Å². The lowest BCUT2D eigenvalue weighted by molar-refractivity contribution is 0.0952. The molecule has 3 rings (SSSR count). The molecule has 2 aromatic carbocycles. The molecule has 6 heteroatoms. The molecular formula is C17H12ClN3O2. The van der Waals surface area contributed by atoms with E-state index in [0.29, 0.717) is 10.7 Å². The van der Waals surface area contributed by atoms with Crippen LogP contribution >= 0.6 is 11.6 Å². The Morgan fingerprint density at radius 3 is 2.74 bits per heavy atom. The second kappa shape index (κ2) is 6.46. The van der Waals surface area contributed by atoms with Gasteiger partial charge in [-0.25, -0.2) is 10.4 Å². The molecule has 0 bridgehead atoms. The van der Waals surface area contributed by atoms with Gasteiger partial charge in [0.25, 0.3) is 5.91 Å². The number of rotatable bonds is 3. The SMILES string of the molecule is O=C(N/N=C\c1cc2ccccc2nc1Cl)c1ccccc1O. The highest BCUT2D eigenvalue weighted by Gasteiger charge is 2.09. The van der Waals surface area contributed by atoms with Crippen molar-refractivity contribution in [1.82, 2.24) is 10.4 Å². The van der Waals surface area contributed by atoms with Gasteiger partial charge in [0.1, 0.15) is 10.9 Å². The number of hydrogen-bond acceptors (Lipinski definition) is 4. The number of aromatic nitrogens is 1. The zero-order chi connectivity index (χ0) is 16.2. The highest BCUT2D eigenvalue weighted by molar-refractivity contribution is 6.32. The summed E-state index contributed by atoms with van der Waals surface area (Å²) >= 11 is 6.11. The summed E-state index contributed by atoms with van der Waals surface area (Å²) in [6.45, 7) is 0. The zero-order valence-corrected chi connectivity index (χ0v) is 12.7. The van der Waals surface area contributed by atoms with Gasteiger partial charge in [-0.1, -0.05) is 41.9 Å². The van der Waals surface area contributed by atoms with Crippen molar-refractivity contribution in [2.45, 2.75) is 0 Å². The average Bonchev–Trinajstić information content (AvgIpc) is 2.55. The Bertz CT molecular complexity index is 909. The fourth-order valence-electron chi connectivity index (χ4n) is 2.09. The monoisotopic (exact) mass is 325 g/mol. The van der Waals surface area contributed by atoms with Crippen molar-refractivity contribution in [3.63, 3.8) is 0 Å². The van der Waals surface area contributed by atoms with E-state index in [-0.39, 0.29) is 11.3 Å². The van der Waals surface area contributed by atoms with Crippen LogP contribution in [0.15, 0.2) is 59.7 Å². The van der Waals surface area contributed by atoms with Gasteiger partial charge in [-0.3, -0.25) is 4.79 Å². The number of fused-ring (bicyclic) bond motifs is 1. The number of carbonyl (C=O) groups is 1. The molecule has 1 amide bonds. The zero-order valence-electron chi connectivity index (χ0n) is 11.9. The van der Waals surface area contributed by atoms with Crippen LogP contribution in [0.3, 0.4) is 0 Å². The standard InChI is InChI=1S/C17H12ClN3O2/c18-16-12(9-11-5-1-3-7-14(11)20-16)10-19-21-17(23)13-6-2-4-8-15(13)22/h1-10,22H,(H,21,23)/b19-10-. The largest absolute Gasteiger partial charge is 0.507 e. The van der Waals surface area contributed by atoms with Gasteiger partial charge in [0, 0.05) is 10.9 Å². The van der Waals surface area contributed by atoms with Crippen LogP contribution < -0.4 is 5.43 Å². The van der Waals surface area contributed by atoms with Crippen LogP contribution in [-0.2, 0) is 0 Å². The van der Waals surface area contributed by atoms with E-state index < -0.39 is 5.91 Å². The molecule has 23 heavy (non-hydrogen) atoms. The Kier molecular flexibility index (Phi) is 4.21. The molecule has 0 aliphatic carbocycles. The van der Waals surface area contributed by atoms with Gasteiger partial charge in [-0.05, 0) is 24.3 Å². The fourth-order valence-corrected chi connectivity index (χ4v) is 2.28. The molecule has 0 fully saturated rings. The number of para-hydroxylation sites is 2. The van der Waals surface area contributed by atoms with Gasteiger partial charge >= 0.3 is 0 Å². The highest BCUT2D eigenvalue weighted by Crippen LogP contribution is 2.19. The van der Waals surface area contributed by atoms with Crippen molar-refractivity contribution in [3.05, 3.63) is 70.9 Å². The summed E-state index contributed by atoms with van der Waals surface area (Å²) in [6, 6.07) is 15.6. The van der Waals surface area contributed by atoms with Crippen molar-refractivity contribution in [1.29, 1.82) is 0 Å². The predicted molar refractivity (Wildman–Crippen MR) is 89.9 cm³/mol. The summed E-state index contributed by atoms with van der Waals surface area (Å²) in [7, 11) is 0. The smallest absolute Gasteiger partial charge is 0.275 e. The van der Waals surface area contributed by atoms with Crippen molar-refractivity contribution >= 4 is 34.6 Å². The third-order valence-electron chi connectivity index (χ3n) is 3.22. The number of nitrogens with zero attached hydrogens (tertiary/aromatic N) is 2. The fraction of sp³-hybridized carbons (Fsp3) is 0. The summed E-state index contributed by atoms with van der Waals surface area (Å²) in [5.41, 5.74) is 3.86. The number of halogens is 1. The number of hydrogen-bond donors (Lipinski definition) is 2. The number of pyridine rings is 1. The van der Waals surface area contributed by atoms with E-state index in [1.165, 1.54) is 18.3 Å². The van der Waals surface area contributed by atoms with Crippen molar-refractivity contribution < 1.29 is 9.90 Å². The maximum atomic E-state index is 11.9. The summed E-state index contributed by atoms with van der Waals surface area (Å²) in [5.74, 6) is -0.616. The third-order valence-corrected chi connectivity index (χ3v) is 3.53. The van der Waals surface area contributed by atoms with Crippen molar-refractivity contribution in [2.75, 3.05) is 0 Å². The number of phenols is 1. The lowest BCUT2D eigenvalue weighted by atomic mass is 10.2. The summed E-state index contributed by atoms with van der Waals surface area (Å²) < 4.78 is 0. The first-order valence-electron chi connectivity index (χ1n) is 6.82. The van der Waals surface area contributed by atoms with Gasteiger partial charge in [0.2, 0.25) is 0 Å². The maximum Gasteiger partial charge on any atom is 0.275 e. The van der Waals surface area contributed by atoms with Crippen LogP contribution in [0.4, 0.5) is 0 Å². The van der Waals surface area contributed by atoms with Gasteiger partial charge in [0.15, 0.2) is 0 Å². The van der Waals surface area contributed by atoms with E-state index in [1.807, 2.05) is 30.3 Å². The molecular weight excluding hydrogens is 314 g/mol. The van der Waals surface area contributed by atoms with Crippen LogP contribution in [0.2, 0.25) is 5.15 Å². The van der Waals surface area contributed by atoms with Crippen LogP contribution in [0.1, 0.15) is 15.9 Å². The number of phenolic OH excluding ortho intramolecular Hbond substituents is 1. The lowest BCUT2D eigenvalue weighted by Crippen LogP contribution is -2.17. The lowest BCUT2D eigenvalue weighted by Gasteiger charge is -2.03. The third kappa shape index (κ3) is 3.30. The second-order valence-corrected chi connectivity index (χ2v) is 5.14. The first kappa shape index (κ1) is 15.0. The first-order chi connectivity index (χ1) is 11.1. The van der Waals surface area contributed by atoms with Gasteiger partial charge in [0.05, 0.1) is 17.3 Å². The molecule has 1 aromatic heterocycles. The molecule has 0 saturated carbocycles. The van der Waals surface area contributed by atoms with Gasteiger partial charge < -0.3 is 5.11 Å². The molecule has 0 radical (unpaired) electrons. The molecule has 0 spiro atoms. The normalized spacial score (nSPS) is 11.0. The summed E-state index contributed by atoms with van der Waals surface area (Å²) in [4.78, 5) is 16.2. The van der Waals surface area contributed by atoms with Gasteiger partial charge in [-0.15, -0.1) is 0 Å². The minimum atomic E-state index is -0.510. The number of benzene rings is 2. The minimum Gasteiger partial charge on any atom is -0.507 e.